The molecular weight excluding hydrogens is 623 g/mol. The average Bonchev–Trinajstić information content (AvgIpc) is 3.57. The highest BCUT2D eigenvalue weighted by Gasteiger charge is 2.62. The minimum absolute atomic E-state index is 0.00136. The number of hydrogen-bond acceptors (Lipinski definition) is 3. The first kappa shape index (κ1) is 30.8. The first-order valence-corrected chi connectivity index (χ1v) is 19.6. The molecule has 4 aliphatic rings. The Labute approximate surface area is 302 Å². The molecule has 250 valence electrons. The molecule has 6 aromatic rings. The van der Waals surface area contributed by atoms with Crippen LogP contribution in [0.1, 0.15) is 97.8 Å². The van der Waals surface area contributed by atoms with E-state index in [-0.39, 0.29) is 28.6 Å². The normalized spacial score (nSPS) is 22.1. The zero-order chi connectivity index (χ0) is 34.5. The van der Waals surface area contributed by atoms with Crippen LogP contribution in [-0.2, 0) is 16.2 Å². The summed E-state index contributed by atoms with van der Waals surface area (Å²) in [6.07, 6.45) is 5.02. The summed E-state index contributed by atoms with van der Waals surface area (Å²) in [6.45, 7) is 19.7. The van der Waals surface area contributed by atoms with Crippen LogP contribution in [-0.4, -0.2) is 12.4 Å². The van der Waals surface area contributed by atoms with Crippen molar-refractivity contribution in [3.8, 4) is 11.1 Å². The van der Waals surface area contributed by atoms with E-state index in [1.165, 1.54) is 102 Å². The molecule has 1 aliphatic carbocycles. The van der Waals surface area contributed by atoms with Gasteiger partial charge in [-0.15, -0.1) is 11.3 Å². The molecule has 4 heteroatoms. The number of nitrogens with zero attached hydrogens (tertiary/aromatic N) is 2. The van der Waals surface area contributed by atoms with Crippen LogP contribution in [0.4, 0.5) is 22.7 Å². The predicted molar refractivity (Wildman–Crippen MR) is 219 cm³/mol. The van der Waals surface area contributed by atoms with Gasteiger partial charge in [0.05, 0.1) is 15.9 Å². The molecule has 0 saturated heterocycles. The van der Waals surface area contributed by atoms with E-state index in [2.05, 4.69) is 156 Å². The third-order valence-electron chi connectivity index (χ3n) is 13.3. The molecule has 1 saturated carbocycles. The van der Waals surface area contributed by atoms with Crippen LogP contribution in [0, 0.1) is 0 Å². The van der Waals surface area contributed by atoms with Crippen molar-refractivity contribution < 1.29 is 0 Å². The van der Waals surface area contributed by atoms with Crippen LogP contribution in [0.3, 0.4) is 0 Å². The van der Waals surface area contributed by atoms with Crippen molar-refractivity contribution >= 4 is 72.0 Å². The second-order valence-electron chi connectivity index (χ2n) is 18.1. The number of benzene rings is 5. The van der Waals surface area contributed by atoms with Gasteiger partial charge in [0.25, 0.3) is 0 Å². The minimum Gasteiger partial charge on any atom is -0.375 e. The van der Waals surface area contributed by atoms with Gasteiger partial charge in [0, 0.05) is 43.5 Å². The third kappa shape index (κ3) is 3.81. The Bertz CT molecular complexity index is 2410. The number of fused-ring (bicyclic) bond motifs is 11. The van der Waals surface area contributed by atoms with Crippen molar-refractivity contribution in [1.82, 2.24) is 0 Å². The molecule has 0 N–H and O–H groups in total. The fraction of sp³-hybridized carbons (Fsp3) is 0.348. The number of thiophene rings is 1. The lowest BCUT2D eigenvalue weighted by Gasteiger charge is -2.53. The fourth-order valence-electron chi connectivity index (χ4n) is 10.3. The van der Waals surface area contributed by atoms with Gasteiger partial charge in [-0.1, -0.05) is 128 Å². The maximum atomic E-state index is 2.89. The van der Waals surface area contributed by atoms with Gasteiger partial charge >= 0.3 is 6.85 Å². The zero-order valence-corrected chi connectivity index (χ0v) is 31.7. The highest BCUT2D eigenvalue weighted by molar-refractivity contribution is 7.26. The molecule has 4 heterocycles. The van der Waals surface area contributed by atoms with Crippen LogP contribution in [0.25, 0.3) is 31.3 Å². The monoisotopic (exact) mass is 670 g/mol. The second-order valence-corrected chi connectivity index (χ2v) is 19.2. The molecular formula is C46H47BN2S. The first-order chi connectivity index (χ1) is 23.8. The zero-order valence-electron chi connectivity index (χ0n) is 30.9. The highest BCUT2D eigenvalue weighted by atomic mass is 32.1. The van der Waals surface area contributed by atoms with Crippen LogP contribution >= 0.6 is 11.3 Å². The van der Waals surface area contributed by atoms with Gasteiger partial charge in [0.2, 0.25) is 0 Å². The maximum absolute atomic E-state index is 2.89. The Hall–Kier alpha value is -4.02. The van der Waals surface area contributed by atoms with Gasteiger partial charge in [-0.05, 0) is 88.0 Å². The molecule has 5 aromatic carbocycles. The summed E-state index contributed by atoms with van der Waals surface area (Å²) in [5, 5.41) is 2.71. The lowest BCUT2D eigenvalue weighted by Crippen LogP contribution is -2.64. The molecule has 3 aliphatic heterocycles. The molecule has 2 atom stereocenters. The Kier molecular flexibility index (Phi) is 6.07. The summed E-state index contributed by atoms with van der Waals surface area (Å²) in [6, 6.07) is 35.6. The van der Waals surface area contributed by atoms with E-state index in [9.17, 15) is 0 Å². The van der Waals surface area contributed by atoms with E-state index in [4.69, 9.17) is 0 Å². The molecule has 2 unspecified atom stereocenters. The van der Waals surface area contributed by atoms with Crippen LogP contribution < -0.4 is 20.6 Å². The SMILES string of the molecule is CC(C)(C)c1cc2c3c(c1)N1c4c(cc(C(C)(C)C)cc4C4(C)CCCCC14C)B3N(c1ccccc1)c1c-2ccc2c1sc1ccccc12. The van der Waals surface area contributed by atoms with E-state index in [0.29, 0.717) is 0 Å². The molecule has 1 aromatic heterocycles. The van der Waals surface area contributed by atoms with Crippen LogP contribution in [0.5, 0.6) is 0 Å². The second kappa shape index (κ2) is 9.85. The summed E-state index contributed by atoms with van der Waals surface area (Å²) in [7, 11) is 0. The van der Waals surface area contributed by atoms with Crippen LogP contribution in [0.15, 0.2) is 91.0 Å². The van der Waals surface area contributed by atoms with Crippen molar-refractivity contribution in [3.05, 3.63) is 108 Å². The largest absolute Gasteiger partial charge is 0.375 e. The Morgan fingerprint density at radius 2 is 1.38 bits per heavy atom. The van der Waals surface area contributed by atoms with E-state index in [1.807, 2.05) is 11.3 Å². The first-order valence-electron chi connectivity index (χ1n) is 18.8. The number of para-hydroxylation sites is 1. The van der Waals surface area contributed by atoms with Crippen LogP contribution in [0.2, 0.25) is 0 Å². The lowest BCUT2D eigenvalue weighted by atomic mass is 9.43. The number of hydrogen-bond donors (Lipinski definition) is 0. The molecule has 0 bridgehead atoms. The quantitative estimate of drug-likeness (QED) is 0.161. The molecule has 10 rings (SSSR count). The average molecular weight is 671 g/mol. The third-order valence-corrected chi connectivity index (χ3v) is 14.5. The summed E-state index contributed by atoms with van der Waals surface area (Å²) in [4.78, 5) is 5.64. The predicted octanol–water partition coefficient (Wildman–Crippen LogP) is 11.6. The lowest BCUT2D eigenvalue weighted by molar-refractivity contribution is 0.195. The Morgan fingerprint density at radius 3 is 2.14 bits per heavy atom. The Morgan fingerprint density at radius 1 is 0.680 bits per heavy atom. The molecule has 0 amide bonds. The summed E-state index contributed by atoms with van der Waals surface area (Å²) < 4.78 is 2.74. The van der Waals surface area contributed by atoms with Gasteiger partial charge in [0.15, 0.2) is 0 Å². The van der Waals surface area contributed by atoms with Gasteiger partial charge in [-0.3, -0.25) is 0 Å². The van der Waals surface area contributed by atoms with Crippen molar-refractivity contribution in [1.29, 1.82) is 0 Å². The van der Waals surface area contributed by atoms with Crippen molar-refractivity contribution in [3.63, 3.8) is 0 Å². The van der Waals surface area contributed by atoms with Gasteiger partial charge < -0.3 is 9.71 Å². The molecule has 1 fully saturated rings. The van der Waals surface area contributed by atoms with E-state index < -0.39 is 0 Å². The van der Waals surface area contributed by atoms with E-state index in [0.717, 1.165) is 0 Å². The molecule has 0 radical (unpaired) electrons. The number of rotatable bonds is 1. The van der Waals surface area contributed by atoms with Crippen molar-refractivity contribution in [2.75, 3.05) is 9.71 Å². The summed E-state index contributed by atoms with van der Waals surface area (Å²) >= 11 is 1.96. The summed E-state index contributed by atoms with van der Waals surface area (Å²) in [5.41, 5.74) is 15.9. The highest BCUT2D eigenvalue weighted by Crippen LogP contribution is 2.63. The fourth-order valence-corrected chi connectivity index (χ4v) is 11.5. The van der Waals surface area contributed by atoms with Crippen molar-refractivity contribution in [2.24, 2.45) is 0 Å². The van der Waals surface area contributed by atoms with E-state index >= 15 is 0 Å². The standard InChI is InChI=1S/C46H47BN2S/c1-43(2,3)28-24-34-32-20-21-33-31-18-12-13-19-38(31)50-42(33)40(32)49(30-16-10-9-11-17-30)47-36-26-29(44(4,5)6)25-35-41(36)48(37(27-28)39(34)47)46(8)23-15-14-22-45(35,46)7/h9-13,16-21,24-27H,14-15,22-23H2,1-8H3. The van der Waals surface area contributed by atoms with Gasteiger partial charge in [-0.25, -0.2) is 0 Å². The maximum Gasteiger partial charge on any atom is 0.333 e. The van der Waals surface area contributed by atoms with E-state index in [1.54, 1.807) is 5.56 Å². The number of anilines is 4. The smallest absolute Gasteiger partial charge is 0.333 e. The van der Waals surface area contributed by atoms with Gasteiger partial charge in [0.1, 0.15) is 0 Å². The van der Waals surface area contributed by atoms with Gasteiger partial charge in [-0.2, -0.15) is 0 Å². The minimum atomic E-state index is 0.00136. The van der Waals surface area contributed by atoms with Crippen molar-refractivity contribution in [2.45, 2.75) is 103 Å². The molecule has 2 nitrogen and oxygen atoms in total. The Balaban J connectivity index is 1.42. The molecule has 50 heavy (non-hydrogen) atoms. The summed E-state index contributed by atoms with van der Waals surface area (Å²) in [5.74, 6) is 0. The molecule has 0 spiro atoms. The topological polar surface area (TPSA) is 6.48 Å².